The van der Waals surface area contributed by atoms with Crippen LogP contribution in [0.4, 0.5) is 0 Å². The minimum absolute atomic E-state index is 0.270. The molecule has 0 aliphatic heterocycles. The highest BCUT2D eigenvalue weighted by atomic mass is 79.9. The molecule has 6 N–H and O–H groups in total. The molecule has 0 bridgehead atoms. The summed E-state index contributed by atoms with van der Waals surface area (Å²) in [4.78, 5) is 21.6. The lowest BCUT2D eigenvalue weighted by Crippen LogP contribution is -2.43. The second-order valence-electron chi connectivity index (χ2n) is 4.60. The molecule has 110 valence electrons. The highest BCUT2D eigenvalue weighted by molar-refractivity contribution is 9.10. The molecular formula is C13H17BrN2O4. The van der Waals surface area contributed by atoms with Crippen LogP contribution in [0.2, 0.25) is 0 Å². The lowest BCUT2D eigenvalue weighted by molar-refractivity contribution is -0.137. The quantitative estimate of drug-likeness (QED) is 0.587. The van der Waals surface area contributed by atoms with Gasteiger partial charge in [0.15, 0.2) is 0 Å². The number of carboxylic acids is 2. The smallest absolute Gasteiger partial charge is 0.304 e. The van der Waals surface area contributed by atoms with Gasteiger partial charge in [0.05, 0.1) is 12.8 Å². The molecule has 0 fully saturated rings. The number of halogens is 1. The normalized spacial score (nSPS) is 15.3. The molecule has 0 spiro atoms. The van der Waals surface area contributed by atoms with Gasteiger partial charge in [-0.25, -0.2) is 0 Å². The second-order valence-corrected chi connectivity index (χ2v) is 5.52. The first kappa shape index (κ1) is 16.6. The van der Waals surface area contributed by atoms with Crippen LogP contribution < -0.4 is 11.5 Å². The van der Waals surface area contributed by atoms with Gasteiger partial charge in [0, 0.05) is 22.5 Å². The van der Waals surface area contributed by atoms with E-state index in [9.17, 15) is 9.59 Å². The van der Waals surface area contributed by atoms with Crippen LogP contribution in [0, 0.1) is 0 Å². The summed E-state index contributed by atoms with van der Waals surface area (Å²) in [6.07, 6.45) is -0.540. The number of carboxylic acid groups (broad SMARTS) is 2. The highest BCUT2D eigenvalue weighted by Gasteiger charge is 2.29. The lowest BCUT2D eigenvalue weighted by Gasteiger charge is -2.28. The first-order valence-corrected chi connectivity index (χ1v) is 6.80. The standard InChI is InChI=1S/C13H17BrN2O4/c14-8-3-1-7(2-4-8)13(9(15)5-11(17)18)10(16)6-12(19)20/h1-4,9-10,13H,5-6,15-16H2,(H,17,18)(H,19,20). The molecule has 0 amide bonds. The number of hydrogen-bond acceptors (Lipinski definition) is 4. The van der Waals surface area contributed by atoms with Crippen LogP contribution in [0.5, 0.6) is 0 Å². The van der Waals surface area contributed by atoms with Gasteiger partial charge in [-0.05, 0) is 17.7 Å². The van der Waals surface area contributed by atoms with Crippen molar-refractivity contribution >= 4 is 27.9 Å². The first-order valence-electron chi connectivity index (χ1n) is 6.01. The van der Waals surface area contributed by atoms with Crippen molar-refractivity contribution in [2.24, 2.45) is 11.5 Å². The molecule has 2 atom stereocenters. The van der Waals surface area contributed by atoms with E-state index in [2.05, 4.69) is 15.9 Å². The van der Waals surface area contributed by atoms with E-state index in [0.29, 0.717) is 0 Å². The zero-order valence-electron chi connectivity index (χ0n) is 10.7. The van der Waals surface area contributed by atoms with Crippen LogP contribution in [0.3, 0.4) is 0 Å². The van der Waals surface area contributed by atoms with Crippen LogP contribution in [0.1, 0.15) is 24.3 Å². The Morgan fingerprint density at radius 3 is 1.75 bits per heavy atom. The van der Waals surface area contributed by atoms with Crippen LogP contribution in [-0.4, -0.2) is 34.2 Å². The summed E-state index contributed by atoms with van der Waals surface area (Å²) < 4.78 is 0.860. The number of aliphatic carboxylic acids is 2. The third-order valence-corrected chi connectivity index (χ3v) is 3.53. The van der Waals surface area contributed by atoms with Gasteiger partial charge in [0.1, 0.15) is 0 Å². The molecule has 20 heavy (non-hydrogen) atoms. The van der Waals surface area contributed by atoms with Gasteiger partial charge in [-0.2, -0.15) is 0 Å². The fourth-order valence-electron chi connectivity index (χ4n) is 2.15. The summed E-state index contributed by atoms with van der Waals surface area (Å²) in [7, 11) is 0. The predicted octanol–water partition coefficient (Wildman–Crippen LogP) is 1.14. The molecule has 2 unspecified atom stereocenters. The van der Waals surface area contributed by atoms with Gasteiger partial charge in [-0.1, -0.05) is 28.1 Å². The first-order chi connectivity index (χ1) is 9.31. The van der Waals surface area contributed by atoms with Gasteiger partial charge >= 0.3 is 11.9 Å². The van der Waals surface area contributed by atoms with Crippen molar-refractivity contribution < 1.29 is 19.8 Å². The Balaban J connectivity index is 3.02. The van der Waals surface area contributed by atoms with E-state index in [1.807, 2.05) is 0 Å². The number of hydrogen-bond donors (Lipinski definition) is 4. The molecule has 0 saturated heterocycles. The number of carbonyl (C=O) groups is 2. The Labute approximate surface area is 124 Å². The van der Waals surface area contributed by atoms with E-state index in [0.717, 1.165) is 10.0 Å². The molecule has 0 aliphatic rings. The molecule has 1 rings (SSSR count). The third-order valence-electron chi connectivity index (χ3n) is 3.00. The van der Waals surface area contributed by atoms with E-state index in [1.54, 1.807) is 24.3 Å². The summed E-state index contributed by atoms with van der Waals surface area (Å²) in [5.74, 6) is -2.61. The van der Waals surface area contributed by atoms with Gasteiger partial charge in [-0.15, -0.1) is 0 Å². The van der Waals surface area contributed by atoms with Crippen molar-refractivity contribution in [2.75, 3.05) is 0 Å². The summed E-state index contributed by atoms with van der Waals surface area (Å²) in [6, 6.07) is 5.59. The number of nitrogens with two attached hydrogens (primary N) is 2. The van der Waals surface area contributed by atoms with E-state index in [1.165, 1.54) is 0 Å². The minimum Gasteiger partial charge on any atom is -0.481 e. The predicted molar refractivity (Wildman–Crippen MR) is 77.3 cm³/mol. The Bertz CT molecular complexity index is 456. The van der Waals surface area contributed by atoms with Gasteiger partial charge < -0.3 is 21.7 Å². The highest BCUT2D eigenvalue weighted by Crippen LogP contribution is 2.26. The van der Waals surface area contributed by atoms with Gasteiger partial charge in [-0.3, -0.25) is 9.59 Å². The molecule has 0 radical (unpaired) electrons. The zero-order valence-corrected chi connectivity index (χ0v) is 12.3. The maximum atomic E-state index is 10.8. The average Bonchev–Trinajstić information content (AvgIpc) is 2.30. The Morgan fingerprint density at radius 2 is 1.40 bits per heavy atom. The van der Waals surface area contributed by atoms with E-state index in [4.69, 9.17) is 21.7 Å². The van der Waals surface area contributed by atoms with Crippen molar-refractivity contribution in [1.29, 1.82) is 0 Å². The minimum atomic E-state index is -1.04. The lowest BCUT2D eigenvalue weighted by atomic mass is 9.83. The Kier molecular flexibility index (Phi) is 6.12. The number of rotatable bonds is 7. The van der Waals surface area contributed by atoms with Crippen molar-refractivity contribution in [1.82, 2.24) is 0 Å². The largest absolute Gasteiger partial charge is 0.481 e. The fourth-order valence-corrected chi connectivity index (χ4v) is 2.42. The average molecular weight is 345 g/mol. The van der Waals surface area contributed by atoms with Crippen molar-refractivity contribution in [2.45, 2.75) is 30.8 Å². The zero-order chi connectivity index (χ0) is 15.3. The summed E-state index contributed by atoms with van der Waals surface area (Å²) >= 11 is 3.30. The molecule has 6 nitrogen and oxygen atoms in total. The van der Waals surface area contributed by atoms with E-state index < -0.39 is 29.9 Å². The van der Waals surface area contributed by atoms with Gasteiger partial charge in [0.25, 0.3) is 0 Å². The fraction of sp³-hybridized carbons (Fsp3) is 0.385. The topological polar surface area (TPSA) is 127 Å². The molecule has 1 aromatic carbocycles. The Morgan fingerprint density at radius 1 is 1.00 bits per heavy atom. The summed E-state index contributed by atoms with van der Waals surface area (Å²) in [5, 5.41) is 17.7. The maximum Gasteiger partial charge on any atom is 0.304 e. The molecule has 0 aromatic heterocycles. The second kappa shape index (κ2) is 7.37. The Hall–Kier alpha value is -1.44. The molecule has 0 aliphatic carbocycles. The van der Waals surface area contributed by atoms with E-state index in [-0.39, 0.29) is 12.8 Å². The molecule has 7 heteroatoms. The molecular weight excluding hydrogens is 328 g/mol. The van der Waals surface area contributed by atoms with Gasteiger partial charge in [0.2, 0.25) is 0 Å². The third kappa shape index (κ3) is 4.92. The molecule has 0 heterocycles. The van der Waals surface area contributed by atoms with Crippen LogP contribution in [0.25, 0.3) is 0 Å². The summed E-state index contributed by atoms with van der Waals surface area (Å²) in [5.41, 5.74) is 12.5. The number of benzene rings is 1. The monoisotopic (exact) mass is 344 g/mol. The molecule has 0 saturated carbocycles. The van der Waals surface area contributed by atoms with Crippen LogP contribution in [0.15, 0.2) is 28.7 Å². The SMILES string of the molecule is NC(CC(=O)O)C(c1ccc(Br)cc1)C(N)CC(=O)O. The maximum absolute atomic E-state index is 10.8. The molecule has 1 aromatic rings. The van der Waals surface area contributed by atoms with Crippen LogP contribution in [-0.2, 0) is 9.59 Å². The van der Waals surface area contributed by atoms with Crippen molar-refractivity contribution in [3.8, 4) is 0 Å². The van der Waals surface area contributed by atoms with Crippen molar-refractivity contribution in [3.63, 3.8) is 0 Å². The van der Waals surface area contributed by atoms with Crippen molar-refractivity contribution in [3.05, 3.63) is 34.3 Å². The van der Waals surface area contributed by atoms with Crippen LogP contribution >= 0.6 is 15.9 Å². The van der Waals surface area contributed by atoms with E-state index >= 15 is 0 Å². The summed E-state index contributed by atoms with van der Waals surface area (Å²) in [6.45, 7) is 0.